The molecule has 2 amide bonds. The van der Waals surface area contributed by atoms with Crippen molar-refractivity contribution >= 4 is 23.7 Å². The minimum atomic E-state index is -0.452. The van der Waals surface area contributed by atoms with Crippen molar-refractivity contribution in [2.24, 2.45) is 4.99 Å². The van der Waals surface area contributed by atoms with Crippen LogP contribution in [0.3, 0.4) is 0 Å². The minimum absolute atomic E-state index is 0.208. The van der Waals surface area contributed by atoms with E-state index in [0.717, 1.165) is 5.56 Å². The number of ether oxygens (including phenoxy) is 2. The van der Waals surface area contributed by atoms with E-state index in [1.165, 1.54) is 12.1 Å². The highest BCUT2D eigenvalue weighted by Gasteiger charge is 2.33. The summed E-state index contributed by atoms with van der Waals surface area (Å²) in [5.41, 5.74) is 4.73. The third-order valence-electron chi connectivity index (χ3n) is 4.86. The molecular weight excluding hydrogens is 406 g/mol. The number of hydrogen-bond donors (Lipinski definition) is 1. The molecule has 7 heteroatoms. The Morgan fingerprint density at radius 1 is 0.906 bits per heavy atom. The molecule has 160 valence electrons. The smallest absolute Gasteiger partial charge is 0.297 e. The predicted molar refractivity (Wildman–Crippen MR) is 121 cm³/mol. The molecule has 32 heavy (non-hydrogen) atoms. The van der Waals surface area contributed by atoms with Gasteiger partial charge in [0.15, 0.2) is 5.84 Å². The molecule has 0 bridgehead atoms. The molecule has 1 aliphatic heterocycles. The number of amides is 2. The van der Waals surface area contributed by atoms with Gasteiger partial charge in [0.25, 0.3) is 11.8 Å². The number of rotatable bonds is 6. The van der Waals surface area contributed by atoms with Gasteiger partial charge in [0.1, 0.15) is 17.2 Å². The lowest BCUT2D eigenvalue weighted by molar-refractivity contribution is -0.124. The summed E-state index contributed by atoms with van der Waals surface area (Å²) in [5, 5.41) is 1.17. The molecule has 1 aliphatic rings. The summed E-state index contributed by atoms with van der Waals surface area (Å²) in [4.78, 5) is 30.6. The number of hydrazine groups is 1. The number of benzene rings is 3. The quantitative estimate of drug-likeness (QED) is 0.609. The highest BCUT2D eigenvalue weighted by Crippen LogP contribution is 2.22. The molecule has 0 atom stereocenters. The van der Waals surface area contributed by atoms with Crippen LogP contribution >= 0.6 is 0 Å². The lowest BCUT2D eigenvalue weighted by atomic mass is 10.2. The zero-order valence-electron chi connectivity index (χ0n) is 17.6. The Morgan fingerprint density at radius 3 is 2.31 bits per heavy atom. The Balaban J connectivity index is 1.67. The van der Waals surface area contributed by atoms with Crippen molar-refractivity contribution in [1.29, 1.82) is 0 Å². The standard InChI is InChI=1S/C25H21N3O4/c1-31-20-13-11-17(12-14-20)15-22-25(30)28(23(26-22)18-7-4-3-5-8-18)27-24(29)19-9-6-10-21(16-19)32-2/h3-16H,1-2H3,(H,27,29)/b22-15+. The lowest BCUT2D eigenvalue weighted by Gasteiger charge is -2.19. The molecule has 0 spiro atoms. The van der Waals surface area contributed by atoms with Crippen LogP contribution in [-0.4, -0.2) is 36.9 Å². The first-order valence-corrected chi connectivity index (χ1v) is 9.88. The number of nitrogens with one attached hydrogen (secondary N) is 1. The van der Waals surface area contributed by atoms with E-state index in [4.69, 9.17) is 9.47 Å². The first kappa shape index (κ1) is 20.9. The van der Waals surface area contributed by atoms with Crippen LogP contribution in [-0.2, 0) is 4.79 Å². The summed E-state index contributed by atoms with van der Waals surface area (Å²) in [7, 11) is 3.12. The van der Waals surface area contributed by atoms with Gasteiger partial charge in [-0.1, -0.05) is 48.5 Å². The van der Waals surface area contributed by atoms with Gasteiger partial charge < -0.3 is 9.47 Å². The van der Waals surface area contributed by atoms with Crippen LogP contribution in [0.1, 0.15) is 21.5 Å². The van der Waals surface area contributed by atoms with E-state index in [1.807, 2.05) is 42.5 Å². The lowest BCUT2D eigenvalue weighted by Crippen LogP contribution is -2.47. The molecular formula is C25H21N3O4. The van der Waals surface area contributed by atoms with Crippen LogP contribution in [0.2, 0.25) is 0 Å². The summed E-state index contributed by atoms with van der Waals surface area (Å²) >= 11 is 0. The molecule has 1 N–H and O–H groups in total. The molecule has 3 aromatic rings. The molecule has 0 aromatic heterocycles. The van der Waals surface area contributed by atoms with Crippen LogP contribution in [0, 0.1) is 0 Å². The first-order chi connectivity index (χ1) is 15.6. The van der Waals surface area contributed by atoms with Gasteiger partial charge in [0.05, 0.1) is 14.2 Å². The Hall–Kier alpha value is -4.39. The van der Waals surface area contributed by atoms with E-state index in [9.17, 15) is 9.59 Å². The first-order valence-electron chi connectivity index (χ1n) is 9.88. The normalized spacial score (nSPS) is 14.3. The monoisotopic (exact) mass is 427 g/mol. The summed E-state index contributed by atoms with van der Waals surface area (Å²) in [6.07, 6.45) is 1.67. The largest absolute Gasteiger partial charge is 0.497 e. The van der Waals surface area contributed by atoms with Gasteiger partial charge in [-0.3, -0.25) is 15.0 Å². The second kappa shape index (κ2) is 9.18. The number of nitrogens with zero attached hydrogens (tertiary/aromatic N) is 2. The third-order valence-corrected chi connectivity index (χ3v) is 4.86. The second-order valence-electron chi connectivity index (χ2n) is 6.92. The Labute approximate surface area is 185 Å². The van der Waals surface area contributed by atoms with E-state index in [2.05, 4.69) is 10.4 Å². The molecule has 0 radical (unpaired) electrons. The SMILES string of the molecule is COc1ccc(/C=C2/N=C(c3ccccc3)N(NC(=O)c3cccc(OC)c3)C2=O)cc1. The molecule has 0 aliphatic carbocycles. The van der Waals surface area contributed by atoms with Gasteiger partial charge in [-0.25, -0.2) is 4.99 Å². The molecule has 0 fully saturated rings. The van der Waals surface area contributed by atoms with E-state index in [0.29, 0.717) is 28.5 Å². The summed E-state index contributed by atoms with van der Waals surface area (Å²) < 4.78 is 10.4. The van der Waals surface area contributed by atoms with Crippen molar-refractivity contribution in [3.63, 3.8) is 0 Å². The molecule has 7 nitrogen and oxygen atoms in total. The number of amidine groups is 1. The van der Waals surface area contributed by atoms with Crippen molar-refractivity contribution in [3.8, 4) is 11.5 Å². The zero-order valence-corrected chi connectivity index (χ0v) is 17.6. The van der Waals surface area contributed by atoms with Gasteiger partial charge >= 0.3 is 0 Å². The van der Waals surface area contributed by atoms with Crippen LogP contribution in [0.4, 0.5) is 0 Å². The van der Waals surface area contributed by atoms with Crippen molar-refractivity contribution < 1.29 is 19.1 Å². The number of methoxy groups -OCH3 is 2. The maximum atomic E-state index is 13.2. The van der Waals surface area contributed by atoms with Gasteiger partial charge in [-0.2, -0.15) is 5.01 Å². The van der Waals surface area contributed by atoms with Crippen molar-refractivity contribution in [3.05, 3.63) is 101 Å². The average Bonchev–Trinajstić information content (AvgIpc) is 3.15. The maximum absolute atomic E-state index is 13.2. The van der Waals surface area contributed by atoms with Gasteiger partial charge in [0.2, 0.25) is 0 Å². The Kier molecular flexibility index (Phi) is 5.98. The van der Waals surface area contributed by atoms with Crippen molar-refractivity contribution in [1.82, 2.24) is 10.4 Å². The average molecular weight is 427 g/mol. The second-order valence-corrected chi connectivity index (χ2v) is 6.92. The van der Waals surface area contributed by atoms with Gasteiger partial charge in [-0.05, 0) is 42.0 Å². The van der Waals surface area contributed by atoms with Crippen LogP contribution in [0.25, 0.3) is 6.08 Å². The zero-order chi connectivity index (χ0) is 22.5. The predicted octanol–water partition coefficient (Wildman–Crippen LogP) is 3.68. The fourth-order valence-electron chi connectivity index (χ4n) is 3.19. The summed E-state index contributed by atoms with van der Waals surface area (Å²) in [6.45, 7) is 0. The highest BCUT2D eigenvalue weighted by molar-refractivity contribution is 6.20. The van der Waals surface area contributed by atoms with Crippen LogP contribution in [0.5, 0.6) is 11.5 Å². The summed E-state index contributed by atoms with van der Waals surface area (Å²) in [5.74, 6) is 0.710. The van der Waals surface area contributed by atoms with E-state index >= 15 is 0 Å². The van der Waals surface area contributed by atoms with Crippen molar-refractivity contribution in [2.45, 2.75) is 0 Å². The van der Waals surface area contributed by atoms with Gasteiger partial charge in [0, 0.05) is 11.1 Å². The molecule has 1 heterocycles. The van der Waals surface area contributed by atoms with Crippen LogP contribution in [0.15, 0.2) is 89.6 Å². The summed E-state index contributed by atoms with van der Waals surface area (Å²) in [6, 6.07) is 23.2. The molecule has 0 saturated carbocycles. The fourth-order valence-corrected chi connectivity index (χ4v) is 3.19. The number of carbonyl (C=O) groups excluding carboxylic acids is 2. The number of aliphatic imine (C=N–C) groups is 1. The van der Waals surface area contributed by atoms with Gasteiger partial charge in [-0.15, -0.1) is 0 Å². The van der Waals surface area contributed by atoms with E-state index in [-0.39, 0.29) is 5.70 Å². The maximum Gasteiger partial charge on any atom is 0.297 e. The van der Waals surface area contributed by atoms with Crippen molar-refractivity contribution in [2.75, 3.05) is 14.2 Å². The molecule has 3 aromatic carbocycles. The third kappa shape index (κ3) is 4.37. The molecule has 0 unspecified atom stereocenters. The van der Waals surface area contributed by atoms with E-state index in [1.54, 1.807) is 49.6 Å². The fraction of sp³-hybridized carbons (Fsp3) is 0.0800. The van der Waals surface area contributed by atoms with Crippen LogP contribution < -0.4 is 14.9 Å². The Morgan fingerprint density at radius 2 is 1.62 bits per heavy atom. The van der Waals surface area contributed by atoms with E-state index < -0.39 is 11.8 Å². The number of hydrogen-bond acceptors (Lipinski definition) is 5. The highest BCUT2D eigenvalue weighted by atomic mass is 16.5. The Bertz CT molecular complexity index is 1200. The number of carbonyl (C=O) groups is 2. The molecule has 4 rings (SSSR count). The molecule has 0 saturated heterocycles. The topological polar surface area (TPSA) is 80.2 Å². The minimum Gasteiger partial charge on any atom is -0.497 e.